The van der Waals surface area contributed by atoms with Crippen LogP contribution in [0, 0.1) is 6.92 Å². The van der Waals surface area contributed by atoms with Gasteiger partial charge in [0.25, 0.3) is 5.91 Å². The molecule has 3 rings (SSSR count). The lowest BCUT2D eigenvalue weighted by molar-refractivity contribution is 0.0723. The van der Waals surface area contributed by atoms with E-state index >= 15 is 0 Å². The number of rotatable bonds is 6. The Balaban J connectivity index is 1.85. The van der Waals surface area contributed by atoms with Crippen LogP contribution in [0.3, 0.4) is 0 Å². The second kappa shape index (κ2) is 7.89. The van der Waals surface area contributed by atoms with Gasteiger partial charge < -0.3 is 19.3 Å². The molecule has 0 radical (unpaired) electrons. The number of aryl methyl sites for hydroxylation is 1. The van der Waals surface area contributed by atoms with Crippen LogP contribution >= 0.6 is 11.3 Å². The fourth-order valence-electron chi connectivity index (χ4n) is 2.74. The fourth-order valence-corrected chi connectivity index (χ4v) is 3.65. The van der Waals surface area contributed by atoms with E-state index in [0.717, 1.165) is 6.54 Å². The van der Waals surface area contributed by atoms with Gasteiger partial charge in [-0.05, 0) is 45.3 Å². The minimum Gasteiger partial charge on any atom is -0.486 e. The van der Waals surface area contributed by atoms with Crippen LogP contribution in [0.2, 0.25) is 0 Å². The van der Waals surface area contributed by atoms with E-state index in [9.17, 15) is 4.79 Å². The van der Waals surface area contributed by atoms with E-state index in [1.807, 2.05) is 37.2 Å². The number of nitrogens with zero attached hydrogens (tertiary/aromatic N) is 2. The average molecular weight is 360 g/mol. The first-order chi connectivity index (χ1) is 12.0. The van der Waals surface area contributed by atoms with Crippen molar-refractivity contribution in [2.75, 3.05) is 40.4 Å². The number of carbonyl (C=O) groups excluding carboxylic acids is 1. The van der Waals surface area contributed by atoms with E-state index in [-0.39, 0.29) is 5.91 Å². The minimum atomic E-state index is -0.0183. The van der Waals surface area contributed by atoms with Crippen LogP contribution in [-0.4, -0.2) is 56.1 Å². The van der Waals surface area contributed by atoms with E-state index in [1.165, 1.54) is 9.75 Å². The van der Waals surface area contributed by atoms with Gasteiger partial charge in [0.05, 0.1) is 12.1 Å². The molecule has 2 aromatic rings. The third-order valence-electron chi connectivity index (χ3n) is 4.04. The third kappa shape index (κ3) is 4.32. The molecule has 25 heavy (non-hydrogen) atoms. The molecule has 1 amide bonds. The van der Waals surface area contributed by atoms with Gasteiger partial charge in [0.2, 0.25) is 0 Å². The minimum absolute atomic E-state index is 0.0183. The van der Waals surface area contributed by atoms with Crippen LogP contribution in [0.5, 0.6) is 11.5 Å². The summed E-state index contributed by atoms with van der Waals surface area (Å²) < 4.78 is 11.3. The lowest BCUT2D eigenvalue weighted by atomic mass is 10.1. The molecule has 134 valence electrons. The third-order valence-corrected chi connectivity index (χ3v) is 5.03. The van der Waals surface area contributed by atoms with Crippen LogP contribution in [0.15, 0.2) is 30.3 Å². The fraction of sp³-hybridized carbons (Fsp3) is 0.421. The summed E-state index contributed by atoms with van der Waals surface area (Å²) >= 11 is 1.73. The van der Waals surface area contributed by atoms with Gasteiger partial charge in [-0.1, -0.05) is 6.07 Å². The molecule has 0 spiro atoms. The first-order valence-corrected chi connectivity index (χ1v) is 9.24. The molecule has 0 aliphatic carbocycles. The van der Waals surface area contributed by atoms with Crippen LogP contribution in [0.4, 0.5) is 0 Å². The van der Waals surface area contributed by atoms with E-state index in [2.05, 4.69) is 24.0 Å². The Morgan fingerprint density at radius 1 is 1.12 bits per heavy atom. The number of para-hydroxylation sites is 1. The quantitative estimate of drug-likeness (QED) is 0.794. The number of thiophene rings is 1. The Labute approximate surface area is 152 Å². The summed E-state index contributed by atoms with van der Waals surface area (Å²) in [6, 6.07) is 9.70. The Morgan fingerprint density at radius 3 is 2.64 bits per heavy atom. The zero-order chi connectivity index (χ0) is 17.8. The molecule has 0 saturated heterocycles. The number of ether oxygens (including phenoxy) is 2. The van der Waals surface area contributed by atoms with Gasteiger partial charge in [0.1, 0.15) is 13.2 Å². The highest BCUT2D eigenvalue weighted by molar-refractivity contribution is 7.11. The maximum absolute atomic E-state index is 13.2. The highest BCUT2D eigenvalue weighted by Gasteiger charge is 2.24. The van der Waals surface area contributed by atoms with Gasteiger partial charge in [-0.2, -0.15) is 0 Å². The summed E-state index contributed by atoms with van der Waals surface area (Å²) in [6.45, 7) is 5.15. The lowest BCUT2D eigenvalue weighted by Crippen LogP contribution is -2.36. The number of amides is 1. The molecular weight excluding hydrogens is 336 g/mol. The van der Waals surface area contributed by atoms with Crippen molar-refractivity contribution in [3.8, 4) is 11.5 Å². The van der Waals surface area contributed by atoms with Gasteiger partial charge in [0, 0.05) is 22.8 Å². The number of carbonyl (C=O) groups is 1. The second-order valence-corrected chi connectivity index (χ2v) is 7.74. The van der Waals surface area contributed by atoms with Crippen molar-refractivity contribution in [3.05, 3.63) is 45.6 Å². The topological polar surface area (TPSA) is 42.0 Å². The first-order valence-electron chi connectivity index (χ1n) is 8.42. The molecule has 1 aliphatic heterocycles. The Morgan fingerprint density at radius 2 is 1.92 bits per heavy atom. The molecule has 1 aromatic carbocycles. The highest BCUT2D eigenvalue weighted by Crippen LogP contribution is 2.34. The van der Waals surface area contributed by atoms with Crippen molar-refractivity contribution in [2.45, 2.75) is 13.5 Å². The summed E-state index contributed by atoms with van der Waals surface area (Å²) in [7, 11) is 4.03. The van der Waals surface area contributed by atoms with Crippen LogP contribution in [0.1, 0.15) is 20.1 Å². The van der Waals surface area contributed by atoms with Crippen LogP contribution in [0.25, 0.3) is 0 Å². The summed E-state index contributed by atoms with van der Waals surface area (Å²) in [5.74, 6) is 1.20. The predicted molar refractivity (Wildman–Crippen MR) is 99.8 cm³/mol. The first kappa shape index (κ1) is 17.8. The molecule has 0 N–H and O–H groups in total. The lowest BCUT2D eigenvalue weighted by Gasteiger charge is -2.26. The number of hydrogen-bond donors (Lipinski definition) is 0. The summed E-state index contributed by atoms with van der Waals surface area (Å²) in [4.78, 5) is 19.6. The molecule has 0 unspecified atom stereocenters. The van der Waals surface area contributed by atoms with Gasteiger partial charge in [-0.3, -0.25) is 4.79 Å². The molecule has 2 heterocycles. The van der Waals surface area contributed by atoms with Crippen molar-refractivity contribution in [2.24, 2.45) is 0 Å². The number of fused-ring (bicyclic) bond motifs is 1. The monoisotopic (exact) mass is 360 g/mol. The van der Waals surface area contributed by atoms with Crippen molar-refractivity contribution in [1.29, 1.82) is 0 Å². The number of hydrogen-bond acceptors (Lipinski definition) is 5. The van der Waals surface area contributed by atoms with E-state index in [1.54, 1.807) is 11.3 Å². The molecule has 0 bridgehead atoms. The molecular formula is C19H24N2O3S. The number of benzene rings is 1. The second-order valence-electron chi connectivity index (χ2n) is 6.37. The largest absolute Gasteiger partial charge is 0.486 e. The SMILES string of the molecule is Cc1ccc(CN(CCN(C)C)C(=O)c2cccc3c2OCCO3)s1. The highest BCUT2D eigenvalue weighted by atomic mass is 32.1. The van der Waals surface area contributed by atoms with Gasteiger partial charge in [-0.25, -0.2) is 0 Å². The normalized spacial score (nSPS) is 13.1. The van der Waals surface area contributed by atoms with Crippen molar-refractivity contribution in [1.82, 2.24) is 9.80 Å². The summed E-state index contributed by atoms with van der Waals surface area (Å²) in [6.07, 6.45) is 0. The molecule has 6 heteroatoms. The zero-order valence-electron chi connectivity index (χ0n) is 14.9. The Bertz CT molecular complexity index is 742. The van der Waals surface area contributed by atoms with E-state index < -0.39 is 0 Å². The summed E-state index contributed by atoms with van der Waals surface area (Å²) in [5, 5.41) is 0. The maximum Gasteiger partial charge on any atom is 0.258 e. The maximum atomic E-state index is 13.2. The molecule has 0 fully saturated rings. The zero-order valence-corrected chi connectivity index (χ0v) is 15.8. The standard InChI is InChI=1S/C19H24N2O3S/c1-14-7-8-15(25-14)13-21(10-9-20(2)3)19(22)16-5-4-6-17-18(16)24-12-11-23-17/h4-8H,9-13H2,1-3H3. The summed E-state index contributed by atoms with van der Waals surface area (Å²) in [5.41, 5.74) is 0.573. The smallest absolute Gasteiger partial charge is 0.258 e. The molecule has 0 saturated carbocycles. The van der Waals surface area contributed by atoms with Gasteiger partial charge >= 0.3 is 0 Å². The van der Waals surface area contributed by atoms with Gasteiger partial charge in [0.15, 0.2) is 11.5 Å². The van der Waals surface area contributed by atoms with Crippen molar-refractivity contribution < 1.29 is 14.3 Å². The average Bonchev–Trinajstić information content (AvgIpc) is 3.02. The predicted octanol–water partition coefficient (Wildman–Crippen LogP) is 3.03. The van der Waals surface area contributed by atoms with Crippen LogP contribution in [-0.2, 0) is 6.54 Å². The Kier molecular flexibility index (Phi) is 5.60. The van der Waals surface area contributed by atoms with Crippen molar-refractivity contribution >= 4 is 17.2 Å². The van der Waals surface area contributed by atoms with E-state index in [4.69, 9.17) is 9.47 Å². The van der Waals surface area contributed by atoms with E-state index in [0.29, 0.717) is 43.4 Å². The molecule has 5 nitrogen and oxygen atoms in total. The van der Waals surface area contributed by atoms with Gasteiger partial charge in [-0.15, -0.1) is 11.3 Å². The molecule has 1 aliphatic rings. The molecule has 0 atom stereocenters. The van der Waals surface area contributed by atoms with Crippen LogP contribution < -0.4 is 9.47 Å². The number of likely N-dealkylation sites (N-methyl/N-ethyl adjacent to an activating group) is 1. The Hall–Kier alpha value is -2.05. The van der Waals surface area contributed by atoms with Crippen molar-refractivity contribution in [3.63, 3.8) is 0 Å². The molecule has 1 aromatic heterocycles.